The zero-order valence-electron chi connectivity index (χ0n) is 9.12. The molecule has 0 spiro atoms. The lowest BCUT2D eigenvalue weighted by molar-refractivity contribution is -0.114. The minimum absolute atomic E-state index is 0.223. The van der Waals surface area contributed by atoms with Crippen molar-refractivity contribution in [3.05, 3.63) is 0 Å². The van der Waals surface area contributed by atoms with Gasteiger partial charge in [0.2, 0.25) is 0 Å². The van der Waals surface area contributed by atoms with Gasteiger partial charge in [0.25, 0.3) is 5.91 Å². The van der Waals surface area contributed by atoms with Gasteiger partial charge in [0.05, 0.1) is 0 Å². The van der Waals surface area contributed by atoms with Crippen molar-refractivity contribution in [2.75, 3.05) is 33.3 Å². The van der Waals surface area contributed by atoms with Gasteiger partial charge in [-0.1, -0.05) is 19.0 Å². The number of nitrogens with zero attached hydrogens (tertiary/aromatic N) is 2. The van der Waals surface area contributed by atoms with Gasteiger partial charge >= 0.3 is 0 Å². The van der Waals surface area contributed by atoms with E-state index in [1.807, 2.05) is 0 Å². The zero-order valence-corrected chi connectivity index (χ0v) is 9.12. The summed E-state index contributed by atoms with van der Waals surface area (Å²) in [4.78, 5) is 17.6. The predicted octanol–water partition coefficient (Wildman–Crippen LogP) is 0.0766. The second-order valence-electron chi connectivity index (χ2n) is 2.73. The van der Waals surface area contributed by atoms with E-state index in [2.05, 4.69) is 34.1 Å². The second-order valence-corrected chi connectivity index (χ2v) is 2.73. The Morgan fingerprint density at radius 2 is 2.14 bits per heavy atom. The lowest BCUT2D eigenvalue weighted by Crippen LogP contribution is -2.35. The van der Waals surface area contributed by atoms with E-state index in [4.69, 9.17) is 0 Å². The predicted molar refractivity (Wildman–Crippen MR) is 56.3 cm³/mol. The molecule has 1 N–H and O–H groups in total. The SMILES string of the molecule is CCN(CC)CCNC(=O)/C=N/OC. The monoisotopic (exact) mass is 201 g/mol. The molecule has 0 aliphatic rings. The molecule has 0 saturated heterocycles. The first kappa shape index (κ1) is 12.9. The third kappa shape index (κ3) is 6.42. The van der Waals surface area contributed by atoms with Crippen LogP contribution in [0.4, 0.5) is 0 Å². The third-order valence-corrected chi connectivity index (χ3v) is 1.90. The fourth-order valence-electron chi connectivity index (χ4n) is 1.02. The quantitative estimate of drug-likeness (QED) is 0.468. The van der Waals surface area contributed by atoms with E-state index in [0.717, 1.165) is 25.8 Å². The fourth-order valence-corrected chi connectivity index (χ4v) is 1.02. The molecule has 1 amide bonds. The fraction of sp³-hybridized carbons (Fsp3) is 0.778. The van der Waals surface area contributed by atoms with Crippen molar-refractivity contribution in [3.63, 3.8) is 0 Å². The number of rotatable bonds is 7. The average Bonchev–Trinajstić information content (AvgIpc) is 2.21. The van der Waals surface area contributed by atoms with Crippen LogP contribution in [0.25, 0.3) is 0 Å². The Hall–Kier alpha value is -1.10. The van der Waals surface area contributed by atoms with Crippen molar-refractivity contribution in [2.24, 2.45) is 5.16 Å². The lowest BCUT2D eigenvalue weighted by atomic mass is 10.4. The van der Waals surface area contributed by atoms with Crippen LogP contribution in [0.5, 0.6) is 0 Å². The van der Waals surface area contributed by atoms with Gasteiger partial charge in [-0.3, -0.25) is 4.79 Å². The first-order chi connectivity index (χ1) is 6.74. The van der Waals surface area contributed by atoms with E-state index in [0.29, 0.717) is 6.54 Å². The molecule has 0 heterocycles. The minimum atomic E-state index is -0.223. The van der Waals surface area contributed by atoms with E-state index in [9.17, 15) is 4.79 Å². The molecule has 0 aliphatic carbocycles. The van der Waals surface area contributed by atoms with Crippen LogP contribution in [0, 0.1) is 0 Å². The summed E-state index contributed by atoms with van der Waals surface area (Å²) in [5, 5.41) is 6.07. The van der Waals surface area contributed by atoms with Crippen molar-refractivity contribution >= 4 is 12.1 Å². The molecule has 0 atom stereocenters. The highest BCUT2D eigenvalue weighted by atomic mass is 16.6. The van der Waals surface area contributed by atoms with E-state index in [1.165, 1.54) is 7.11 Å². The maximum atomic E-state index is 11.0. The van der Waals surface area contributed by atoms with Gasteiger partial charge in [-0.2, -0.15) is 0 Å². The molecule has 0 aromatic carbocycles. The van der Waals surface area contributed by atoms with E-state index in [1.54, 1.807) is 0 Å². The van der Waals surface area contributed by atoms with Crippen LogP contribution in [0.3, 0.4) is 0 Å². The maximum absolute atomic E-state index is 11.0. The smallest absolute Gasteiger partial charge is 0.265 e. The molecule has 0 aromatic rings. The largest absolute Gasteiger partial charge is 0.399 e. The molecule has 0 saturated carbocycles. The van der Waals surface area contributed by atoms with Gasteiger partial charge in [0.15, 0.2) is 0 Å². The maximum Gasteiger partial charge on any atom is 0.265 e. The standard InChI is InChI=1S/C9H19N3O2/c1-4-12(5-2)7-6-10-9(13)8-11-14-3/h8H,4-7H2,1-3H3,(H,10,13)/b11-8+. The molecule has 0 aliphatic heterocycles. The van der Waals surface area contributed by atoms with Gasteiger partial charge < -0.3 is 15.1 Å². The molecule has 0 fully saturated rings. The molecular weight excluding hydrogens is 182 g/mol. The highest BCUT2D eigenvalue weighted by Gasteiger charge is 1.99. The molecule has 5 nitrogen and oxygen atoms in total. The van der Waals surface area contributed by atoms with Crippen LogP contribution in [0.1, 0.15) is 13.8 Å². The molecule has 82 valence electrons. The molecule has 0 radical (unpaired) electrons. The van der Waals surface area contributed by atoms with Crippen LogP contribution < -0.4 is 5.32 Å². The summed E-state index contributed by atoms with van der Waals surface area (Å²) in [6.45, 7) is 7.68. The van der Waals surface area contributed by atoms with Gasteiger partial charge in [0, 0.05) is 13.1 Å². The molecule has 0 unspecified atom stereocenters. The Morgan fingerprint density at radius 3 is 2.64 bits per heavy atom. The first-order valence-electron chi connectivity index (χ1n) is 4.81. The van der Waals surface area contributed by atoms with Crippen molar-refractivity contribution in [2.45, 2.75) is 13.8 Å². The number of carbonyl (C=O) groups is 1. The van der Waals surface area contributed by atoms with Crippen molar-refractivity contribution in [1.82, 2.24) is 10.2 Å². The Kier molecular flexibility index (Phi) is 7.83. The number of nitrogens with one attached hydrogen (secondary N) is 1. The number of carbonyl (C=O) groups excluding carboxylic acids is 1. The van der Waals surface area contributed by atoms with Crippen LogP contribution in [-0.2, 0) is 9.63 Å². The summed E-state index contributed by atoms with van der Waals surface area (Å²) in [7, 11) is 1.40. The Labute approximate surface area is 85.1 Å². The van der Waals surface area contributed by atoms with Crippen LogP contribution in [-0.4, -0.2) is 50.3 Å². The lowest BCUT2D eigenvalue weighted by Gasteiger charge is -2.17. The summed E-state index contributed by atoms with van der Waals surface area (Å²) in [6.07, 6.45) is 1.13. The molecule has 14 heavy (non-hydrogen) atoms. The van der Waals surface area contributed by atoms with E-state index < -0.39 is 0 Å². The highest BCUT2D eigenvalue weighted by molar-refractivity contribution is 6.26. The number of amides is 1. The normalized spacial score (nSPS) is 10.9. The molecule has 0 rings (SSSR count). The molecule has 0 aromatic heterocycles. The number of oxime groups is 1. The Balaban J connectivity index is 3.52. The van der Waals surface area contributed by atoms with Gasteiger partial charge in [-0.25, -0.2) is 0 Å². The summed E-state index contributed by atoms with van der Waals surface area (Å²) in [5.74, 6) is -0.223. The molecule has 0 bridgehead atoms. The van der Waals surface area contributed by atoms with Gasteiger partial charge in [0.1, 0.15) is 13.3 Å². The zero-order chi connectivity index (χ0) is 10.8. The number of likely N-dealkylation sites (N-methyl/N-ethyl adjacent to an activating group) is 1. The van der Waals surface area contributed by atoms with Gasteiger partial charge in [-0.05, 0) is 13.1 Å². The first-order valence-corrected chi connectivity index (χ1v) is 4.81. The minimum Gasteiger partial charge on any atom is -0.399 e. The topological polar surface area (TPSA) is 53.9 Å². The highest BCUT2D eigenvalue weighted by Crippen LogP contribution is 1.83. The van der Waals surface area contributed by atoms with Gasteiger partial charge in [-0.15, -0.1) is 0 Å². The Morgan fingerprint density at radius 1 is 1.50 bits per heavy atom. The van der Waals surface area contributed by atoms with Crippen LogP contribution in [0.2, 0.25) is 0 Å². The van der Waals surface area contributed by atoms with Crippen molar-refractivity contribution < 1.29 is 9.63 Å². The van der Waals surface area contributed by atoms with Crippen molar-refractivity contribution in [1.29, 1.82) is 0 Å². The summed E-state index contributed by atoms with van der Waals surface area (Å²) >= 11 is 0. The number of hydrogen-bond donors (Lipinski definition) is 1. The molecular formula is C9H19N3O2. The van der Waals surface area contributed by atoms with Crippen LogP contribution >= 0.6 is 0 Å². The number of hydrogen-bond acceptors (Lipinski definition) is 4. The average molecular weight is 201 g/mol. The summed E-state index contributed by atoms with van der Waals surface area (Å²) < 4.78 is 0. The van der Waals surface area contributed by atoms with Crippen LogP contribution in [0.15, 0.2) is 5.16 Å². The molecule has 5 heteroatoms. The van der Waals surface area contributed by atoms with Crippen molar-refractivity contribution in [3.8, 4) is 0 Å². The summed E-state index contributed by atoms with van der Waals surface area (Å²) in [6, 6.07) is 0. The Bertz CT molecular complexity index is 179. The summed E-state index contributed by atoms with van der Waals surface area (Å²) in [5.41, 5.74) is 0. The van der Waals surface area contributed by atoms with E-state index >= 15 is 0 Å². The second kappa shape index (κ2) is 8.50. The van der Waals surface area contributed by atoms with E-state index in [-0.39, 0.29) is 5.91 Å². The third-order valence-electron chi connectivity index (χ3n) is 1.90.